The largest absolute Gasteiger partial charge is 0.368 e. The number of anilines is 3. The maximum absolute atomic E-state index is 5.86. The van der Waals surface area contributed by atoms with E-state index in [0.717, 1.165) is 55.0 Å². The van der Waals surface area contributed by atoms with Crippen LogP contribution in [0.2, 0.25) is 0 Å². The molecule has 8 heteroatoms. The van der Waals surface area contributed by atoms with Crippen molar-refractivity contribution in [2.45, 2.75) is 20.4 Å². The van der Waals surface area contributed by atoms with Crippen LogP contribution in [0.5, 0.6) is 0 Å². The van der Waals surface area contributed by atoms with E-state index >= 15 is 0 Å². The summed E-state index contributed by atoms with van der Waals surface area (Å²) in [6.07, 6.45) is 1.84. The first kappa shape index (κ1) is 16.1. The van der Waals surface area contributed by atoms with Gasteiger partial charge in [-0.15, -0.1) is 11.3 Å². The van der Waals surface area contributed by atoms with Crippen LogP contribution in [0.1, 0.15) is 17.5 Å². The molecule has 1 fully saturated rings. The van der Waals surface area contributed by atoms with Gasteiger partial charge in [0.1, 0.15) is 5.82 Å². The second-order valence-corrected chi connectivity index (χ2v) is 6.95. The Hall–Kier alpha value is -1.77. The molecular weight excluding hydrogens is 310 g/mol. The third-order valence-electron chi connectivity index (χ3n) is 3.95. The molecule has 0 radical (unpaired) electrons. The number of nitrogen functional groups attached to an aromatic ring is 1. The fourth-order valence-corrected chi connectivity index (χ4v) is 3.35. The molecule has 23 heavy (non-hydrogen) atoms. The van der Waals surface area contributed by atoms with Crippen LogP contribution < -0.4 is 11.1 Å². The van der Waals surface area contributed by atoms with Crippen LogP contribution in [-0.4, -0.2) is 57.5 Å². The van der Waals surface area contributed by atoms with Crippen molar-refractivity contribution in [2.24, 2.45) is 0 Å². The van der Waals surface area contributed by atoms with Gasteiger partial charge in [0.2, 0.25) is 5.95 Å². The Morgan fingerprint density at radius 2 is 1.96 bits per heavy atom. The van der Waals surface area contributed by atoms with Crippen LogP contribution in [0.25, 0.3) is 0 Å². The van der Waals surface area contributed by atoms with Crippen LogP contribution in [0, 0.1) is 6.92 Å². The lowest BCUT2D eigenvalue weighted by molar-refractivity contribution is 0.131. The Morgan fingerprint density at radius 1 is 1.22 bits per heavy atom. The van der Waals surface area contributed by atoms with E-state index in [1.165, 1.54) is 0 Å². The van der Waals surface area contributed by atoms with E-state index in [4.69, 9.17) is 5.73 Å². The van der Waals surface area contributed by atoms with Crippen molar-refractivity contribution in [1.29, 1.82) is 0 Å². The molecule has 0 aromatic carbocycles. The zero-order valence-electron chi connectivity index (χ0n) is 13.6. The highest BCUT2D eigenvalue weighted by atomic mass is 32.1. The molecule has 0 saturated carbocycles. The zero-order valence-corrected chi connectivity index (χ0v) is 14.4. The summed E-state index contributed by atoms with van der Waals surface area (Å²) in [4.78, 5) is 18.9. The standard InChI is InChI=1S/C15H23N7S/c1-3-21-4-6-22(7-5-21)10-12-8-13(19-14(16)18-12)20-15-17-9-11(2)23-15/h8-9H,3-7,10H2,1-2H3,(H3,16,17,18,19,20). The minimum Gasteiger partial charge on any atom is -0.368 e. The summed E-state index contributed by atoms with van der Waals surface area (Å²) in [7, 11) is 0. The SMILES string of the molecule is CCN1CCN(Cc2cc(Nc3ncc(C)s3)nc(N)n2)CC1. The first-order valence-electron chi connectivity index (χ1n) is 7.90. The Bertz CT molecular complexity index is 649. The van der Waals surface area contributed by atoms with Gasteiger partial charge in [0.15, 0.2) is 5.13 Å². The highest BCUT2D eigenvalue weighted by Crippen LogP contribution is 2.21. The topological polar surface area (TPSA) is 83.2 Å². The Labute approximate surface area is 140 Å². The number of nitrogens with one attached hydrogen (secondary N) is 1. The van der Waals surface area contributed by atoms with Gasteiger partial charge in [0.25, 0.3) is 0 Å². The average Bonchev–Trinajstić information content (AvgIpc) is 2.92. The fourth-order valence-electron chi connectivity index (χ4n) is 2.68. The lowest BCUT2D eigenvalue weighted by Crippen LogP contribution is -2.45. The van der Waals surface area contributed by atoms with Crippen LogP contribution >= 0.6 is 11.3 Å². The summed E-state index contributed by atoms with van der Waals surface area (Å²) < 4.78 is 0. The number of likely N-dealkylation sites (N-methyl/N-ethyl adjacent to an activating group) is 1. The van der Waals surface area contributed by atoms with E-state index in [-0.39, 0.29) is 0 Å². The summed E-state index contributed by atoms with van der Waals surface area (Å²) >= 11 is 1.59. The molecule has 0 bridgehead atoms. The molecule has 3 N–H and O–H groups in total. The third kappa shape index (κ3) is 4.37. The van der Waals surface area contributed by atoms with Gasteiger partial charge in [-0.1, -0.05) is 6.92 Å². The molecule has 0 atom stereocenters. The van der Waals surface area contributed by atoms with Crippen molar-refractivity contribution >= 4 is 28.2 Å². The molecule has 2 aromatic rings. The van der Waals surface area contributed by atoms with Gasteiger partial charge in [0.05, 0.1) is 5.69 Å². The van der Waals surface area contributed by atoms with Crippen molar-refractivity contribution in [1.82, 2.24) is 24.8 Å². The summed E-state index contributed by atoms with van der Waals surface area (Å²) in [5.74, 6) is 1.000. The number of rotatable bonds is 5. The van der Waals surface area contributed by atoms with E-state index in [9.17, 15) is 0 Å². The van der Waals surface area contributed by atoms with E-state index < -0.39 is 0 Å². The zero-order chi connectivity index (χ0) is 16.2. The molecule has 1 aliphatic rings. The molecular formula is C15H23N7S. The summed E-state index contributed by atoms with van der Waals surface area (Å²) in [5.41, 5.74) is 6.80. The normalized spacial score (nSPS) is 16.6. The van der Waals surface area contributed by atoms with Crippen LogP contribution in [0.4, 0.5) is 16.9 Å². The number of nitrogens with zero attached hydrogens (tertiary/aromatic N) is 5. The number of hydrogen-bond donors (Lipinski definition) is 2. The molecule has 2 aromatic heterocycles. The lowest BCUT2D eigenvalue weighted by Gasteiger charge is -2.33. The van der Waals surface area contributed by atoms with Crippen molar-refractivity contribution in [3.63, 3.8) is 0 Å². The van der Waals surface area contributed by atoms with Gasteiger partial charge in [-0.25, -0.2) is 9.97 Å². The van der Waals surface area contributed by atoms with Gasteiger partial charge < -0.3 is 16.0 Å². The van der Waals surface area contributed by atoms with Gasteiger partial charge in [-0.3, -0.25) is 4.90 Å². The van der Waals surface area contributed by atoms with Gasteiger partial charge in [-0.2, -0.15) is 4.98 Å². The van der Waals surface area contributed by atoms with E-state index in [1.54, 1.807) is 11.3 Å². The third-order valence-corrected chi connectivity index (χ3v) is 4.78. The first-order chi connectivity index (χ1) is 11.1. The van der Waals surface area contributed by atoms with Crippen LogP contribution in [0.15, 0.2) is 12.3 Å². The van der Waals surface area contributed by atoms with Gasteiger partial charge >= 0.3 is 0 Å². The number of piperazine rings is 1. The maximum Gasteiger partial charge on any atom is 0.222 e. The van der Waals surface area contributed by atoms with Crippen molar-refractivity contribution in [3.8, 4) is 0 Å². The van der Waals surface area contributed by atoms with Gasteiger partial charge in [0, 0.05) is 49.9 Å². The monoisotopic (exact) mass is 333 g/mol. The highest BCUT2D eigenvalue weighted by molar-refractivity contribution is 7.15. The maximum atomic E-state index is 5.86. The Morgan fingerprint density at radius 3 is 2.61 bits per heavy atom. The molecule has 124 valence electrons. The summed E-state index contributed by atoms with van der Waals surface area (Å²) in [6.45, 7) is 10.5. The predicted octanol–water partition coefficient (Wildman–Crippen LogP) is 1.70. The number of hydrogen-bond acceptors (Lipinski definition) is 8. The van der Waals surface area contributed by atoms with Crippen LogP contribution in [0.3, 0.4) is 0 Å². The van der Waals surface area contributed by atoms with E-state index in [2.05, 4.69) is 37.0 Å². The number of nitrogens with two attached hydrogens (primary N) is 1. The van der Waals surface area contributed by atoms with E-state index in [0.29, 0.717) is 11.8 Å². The second-order valence-electron chi connectivity index (χ2n) is 5.71. The van der Waals surface area contributed by atoms with Crippen molar-refractivity contribution < 1.29 is 0 Å². The molecule has 1 aliphatic heterocycles. The number of aromatic nitrogens is 3. The molecule has 0 amide bonds. The molecule has 3 heterocycles. The molecule has 0 aliphatic carbocycles. The highest BCUT2D eigenvalue weighted by Gasteiger charge is 2.16. The fraction of sp³-hybridized carbons (Fsp3) is 0.533. The van der Waals surface area contributed by atoms with Crippen molar-refractivity contribution in [3.05, 3.63) is 22.8 Å². The number of aryl methyl sites for hydroxylation is 1. The molecule has 7 nitrogen and oxygen atoms in total. The molecule has 1 saturated heterocycles. The van der Waals surface area contributed by atoms with Gasteiger partial charge in [-0.05, 0) is 13.5 Å². The Balaban J connectivity index is 1.66. The second kappa shape index (κ2) is 7.20. The van der Waals surface area contributed by atoms with E-state index in [1.807, 2.05) is 19.2 Å². The van der Waals surface area contributed by atoms with Crippen molar-refractivity contribution in [2.75, 3.05) is 43.8 Å². The first-order valence-corrected chi connectivity index (χ1v) is 8.71. The average molecular weight is 333 g/mol. The molecule has 0 spiro atoms. The quantitative estimate of drug-likeness (QED) is 0.861. The summed E-state index contributed by atoms with van der Waals surface area (Å²) in [6, 6.07) is 1.96. The molecule has 3 rings (SSSR count). The predicted molar refractivity (Wildman–Crippen MR) is 94.0 cm³/mol. The lowest BCUT2D eigenvalue weighted by atomic mass is 10.3. The summed E-state index contributed by atoms with van der Waals surface area (Å²) in [5, 5.41) is 4.03. The number of thiazole rings is 1. The molecule has 0 unspecified atom stereocenters. The van der Waals surface area contributed by atoms with Crippen LogP contribution in [-0.2, 0) is 6.54 Å². The Kier molecular flexibility index (Phi) is 5.04. The minimum absolute atomic E-state index is 0.297. The minimum atomic E-state index is 0.297. The smallest absolute Gasteiger partial charge is 0.222 e.